The van der Waals surface area contributed by atoms with Crippen LogP contribution < -0.4 is 10.1 Å². The van der Waals surface area contributed by atoms with Gasteiger partial charge in [0.25, 0.3) is 5.91 Å². The molecule has 16 heavy (non-hydrogen) atoms. The van der Waals surface area contributed by atoms with Gasteiger partial charge in [0, 0.05) is 13.7 Å². The molecule has 0 aromatic heterocycles. The van der Waals surface area contributed by atoms with Crippen LogP contribution in [0.5, 0.6) is 11.5 Å². The van der Waals surface area contributed by atoms with Gasteiger partial charge in [-0.3, -0.25) is 4.79 Å². The van der Waals surface area contributed by atoms with Gasteiger partial charge in [0.2, 0.25) is 0 Å². The maximum atomic E-state index is 11.2. The zero-order valence-electron chi connectivity index (χ0n) is 9.10. The Morgan fingerprint density at radius 1 is 1.44 bits per heavy atom. The fourth-order valence-electron chi connectivity index (χ4n) is 1.07. The number of methoxy groups -OCH3 is 1. The topological polar surface area (TPSA) is 67.8 Å². The Balaban J connectivity index is 2.29. The van der Waals surface area contributed by atoms with E-state index in [0.717, 1.165) is 0 Å². The first kappa shape index (κ1) is 12.3. The van der Waals surface area contributed by atoms with Crippen molar-refractivity contribution in [3.8, 4) is 11.5 Å². The Morgan fingerprint density at radius 3 is 2.88 bits per heavy atom. The van der Waals surface area contributed by atoms with Crippen LogP contribution in [-0.2, 0) is 9.53 Å². The van der Waals surface area contributed by atoms with Gasteiger partial charge in [0.15, 0.2) is 18.1 Å². The number of hydrogen-bond donors (Lipinski definition) is 2. The number of carbonyl (C=O) groups is 1. The summed E-state index contributed by atoms with van der Waals surface area (Å²) in [7, 11) is 1.56. The lowest BCUT2D eigenvalue weighted by molar-refractivity contribution is -0.123. The molecular formula is C11H15NO4. The minimum absolute atomic E-state index is 0.0205. The summed E-state index contributed by atoms with van der Waals surface area (Å²) in [6, 6.07) is 6.49. The fraction of sp³-hybridized carbons (Fsp3) is 0.364. The van der Waals surface area contributed by atoms with Crippen molar-refractivity contribution in [2.75, 3.05) is 26.9 Å². The molecule has 0 radical (unpaired) electrons. The smallest absolute Gasteiger partial charge is 0.258 e. The summed E-state index contributed by atoms with van der Waals surface area (Å²) in [6.45, 7) is 0.781. The zero-order chi connectivity index (χ0) is 11.8. The SMILES string of the molecule is COCCNC(=O)COc1ccccc1O. The van der Waals surface area contributed by atoms with E-state index < -0.39 is 0 Å². The highest BCUT2D eigenvalue weighted by molar-refractivity contribution is 5.77. The molecule has 0 atom stereocenters. The predicted octanol–water partition coefficient (Wildman–Crippen LogP) is 0.534. The number of aromatic hydroxyl groups is 1. The average Bonchev–Trinajstić information content (AvgIpc) is 2.28. The molecule has 0 aliphatic rings. The summed E-state index contributed by atoms with van der Waals surface area (Å²) in [4.78, 5) is 11.2. The van der Waals surface area contributed by atoms with E-state index in [1.807, 2.05) is 0 Å². The number of amides is 1. The van der Waals surface area contributed by atoms with Gasteiger partial charge >= 0.3 is 0 Å². The summed E-state index contributed by atoms with van der Waals surface area (Å²) >= 11 is 0. The quantitative estimate of drug-likeness (QED) is 0.693. The summed E-state index contributed by atoms with van der Waals surface area (Å²) in [5.41, 5.74) is 0. The molecule has 0 saturated heterocycles. The number of hydrogen-bond acceptors (Lipinski definition) is 4. The lowest BCUT2D eigenvalue weighted by atomic mass is 10.3. The highest BCUT2D eigenvalue weighted by atomic mass is 16.5. The molecule has 0 aliphatic heterocycles. The van der Waals surface area contributed by atoms with Crippen LogP contribution in [0.4, 0.5) is 0 Å². The van der Waals surface area contributed by atoms with Crippen molar-refractivity contribution in [3.63, 3.8) is 0 Å². The normalized spacial score (nSPS) is 9.81. The van der Waals surface area contributed by atoms with E-state index in [2.05, 4.69) is 5.32 Å². The van der Waals surface area contributed by atoms with Crippen LogP contribution >= 0.6 is 0 Å². The maximum absolute atomic E-state index is 11.2. The lowest BCUT2D eigenvalue weighted by Gasteiger charge is -2.08. The molecule has 1 aromatic rings. The standard InChI is InChI=1S/C11H15NO4/c1-15-7-6-12-11(14)8-16-10-5-3-2-4-9(10)13/h2-5,13H,6-8H2,1H3,(H,12,14). The Bertz CT molecular complexity index is 341. The number of ether oxygens (including phenoxy) is 2. The number of phenols is 1. The molecule has 0 bridgehead atoms. The summed E-state index contributed by atoms with van der Waals surface area (Å²) < 4.78 is 9.90. The van der Waals surface area contributed by atoms with Gasteiger partial charge in [-0.1, -0.05) is 12.1 Å². The van der Waals surface area contributed by atoms with Gasteiger partial charge in [0.05, 0.1) is 6.61 Å². The molecule has 1 rings (SSSR count). The second-order valence-corrected chi connectivity index (χ2v) is 3.10. The van der Waals surface area contributed by atoms with Gasteiger partial charge in [-0.05, 0) is 12.1 Å². The second-order valence-electron chi connectivity index (χ2n) is 3.10. The third-order valence-electron chi connectivity index (χ3n) is 1.85. The van der Waals surface area contributed by atoms with E-state index in [1.54, 1.807) is 25.3 Å². The number of nitrogens with one attached hydrogen (secondary N) is 1. The Labute approximate surface area is 94.0 Å². The Kier molecular flexibility index (Phi) is 5.15. The molecule has 0 aliphatic carbocycles. The highest BCUT2D eigenvalue weighted by Gasteiger charge is 2.04. The van der Waals surface area contributed by atoms with Gasteiger partial charge in [0.1, 0.15) is 0 Å². The number of para-hydroxylation sites is 2. The van der Waals surface area contributed by atoms with E-state index in [1.165, 1.54) is 6.07 Å². The van der Waals surface area contributed by atoms with Crippen molar-refractivity contribution in [2.45, 2.75) is 0 Å². The van der Waals surface area contributed by atoms with E-state index in [9.17, 15) is 9.90 Å². The molecule has 5 nitrogen and oxygen atoms in total. The molecule has 5 heteroatoms. The Hall–Kier alpha value is -1.75. The first-order valence-electron chi connectivity index (χ1n) is 4.90. The third-order valence-corrected chi connectivity index (χ3v) is 1.85. The van der Waals surface area contributed by atoms with Crippen LogP contribution in [0.15, 0.2) is 24.3 Å². The molecule has 0 saturated carbocycles. The molecule has 0 fully saturated rings. The van der Waals surface area contributed by atoms with Crippen molar-refractivity contribution in [3.05, 3.63) is 24.3 Å². The van der Waals surface area contributed by atoms with Crippen LogP contribution in [-0.4, -0.2) is 37.9 Å². The largest absolute Gasteiger partial charge is 0.504 e. The van der Waals surface area contributed by atoms with Crippen LogP contribution in [0.3, 0.4) is 0 Å². The van der Waals surface area contributed by atoms with Crippen LogP contribution in [0.25, 0.3) is 0 Å². The third kappa shape index (κ3) is 4.18. The lowest BCUT2D eigenvalue weighted by Crippen LogP contribution is -2.31. The first-order chi connectivity index (χ1) is 7.74. The van der Waals surface area contributed by atoms with Gasteiger partial charge in [-0.25, -0.2) is 0 Å². The minimum Gasteiger partial charge on any atom is -0.504 e. The van der Waals surface area contributed by atoms with Crippen LogP contribution in [0.2, 0.25) is 0 Å². The molecule has 0 spiro atoms. The average molecular weight is 225 g/mol. The van der Waals surface area contributed by atoms with Crippen molar-refractivity contribution in [1.82, 2.24) is 5.32 Å². The number of benzene rings is 1. The molecule has 0 heterocycles. The molecule has 2 N–H and O–H groups in total. The number of phenolic OH excluding ortho intramolecular Hbond substituents is 1. The van der Waals surface area contributed by atoms with E-state index in [0.29, 0.717) is 18.9 Å². The molecule has 1 amide bonds. The zero-order valence-corrected chi connectivity index (χ0v) is 9.10. The fourth-order valence-corrected chi connectivity index (χ4v) is 1.07. The van der Waals surface area contributed by atoms with Crippen LogP contribution in [0, 0.1) is 0 Å². The summed E-state index contributed by atoms with van der Waals surface area (Å²) in [5, 5.41) is 12.0. The predicted molar refractivity (Wildman–Crippen MR) is 58.5 cm³/mol. The molecule has 0 unspecified atom stereocenters. The van der Waals surface area contributed by atoms with Gasteiger partial charge in [-0.2, -0.15) is 0 Å². The molecular weight excluding hydrogens is 210 g/mol. The van der Waals surface area contributed by atoms with Crippen molar-refractivity contribution in [2.24, 2.45) is 0 Å². The molecule has 1 aromatic carbocycles. The van der Waals surface area contributed by atoms with E-state index >= 15 is 0 Å². The second kappa shape index (κ2) is 6.68. The first-order valence-corrected chi connectivity index (χ1v) is 4.90. The maximum Gasteiger partial charge on any atom is 0.258 e. The minimum atomic E-state index is -0.250. The number of carbonyl (C=O) groups excluding carboxylic acids is 1. The van der Waals surface area contributed by atoms with Crippen LogP contribution in [0.1, 0.15) is 0 Å². The van der Waals surface area contributed by atoms with Crippen molar-refractivity contribution < 1.29 is 19.4 Å². The monoisotopic (exact) mass is 225 g/mol. The molecule has 88 valence electrons. The summed E-state index contributed by atoms with van der Waals surface area (Å²) in [5.74, 6) is 0.0666. The van der Waals surface area contributed by atoms with E-state index in [4.69, 9.17) is 9.47 Å². The summed E-state index contributed by atoms with van der Waals surface area (Å²) in [6.07, 6.45) is 0. The van der Waals surface area contributed by atoms with Gasteiger partial charge in [-0.15, -0.1) is 0 Å². The van der Waals surface area contributed by atoms with Crippen molar-refractivity contribution in [1.29, 1.82) is 0 Å². The number of rotatable bonds is 6. The van der Waals surface area contributed by atoms with Gasteiger partial charge < -0.3 is 19.9 Å². The van der Waals surface area contributed by atoms with Crippen molar-refractivity contribution >= 4 is 5.91 Å². The van der Waals surface area contributed by atoms with E-state index in [-0.39, 0.29) is 18.3 Å². The Morgan fingerprint density at radius 2 is 2.19 bits per heavy atom. The highest BCUT2D eigenvalue weighted by Crippen LogP contribution is 2.23.